The van der Waals surface area contributed by atoms with Gasteiger partial charge in [-0.15, -0.1) is 0 Å². The van der Waals surface area contributed by atoms with Crippen LogP contribution in [-0.2, 0) is 6.98 Å². The van der Waals surface area contributed by atoms with Gasteiger partial charge in [-0.1, -0.05) is 0 Å². The Labute approximate surface area is 69.8 Å². The first-order chi connectivity index (χ1) is 5.34. The smallest absolute Gasteiger partial charge is 0.138 e. The predicted molar refractivity (Wildman–Crippen MR) is 38.6 cm³/mol. The molecule has 1 heterocycles. The van der Waals surface area contributed by atoms with Gasteiger partial charge in [0.25, 0.3) is 0 Å². The number of nitrogens with zero attached hydrogens (tertiary/aromatic N) is 2. The molecule has 0 aliphatic carbocycles. The number of rotatable bonds is 0. The van der Waals surface area contributed by atoms with Crippen molar-refractivity contribution in [3.63, 3.8) is 0 Å². The number of hydrogen-bond donors (Lipinski definition) is 0. The molecule has 0 saturated carbocycles. The molecule has 1 rings (SSSR count). The maximum absolute atomic E-state index is 7.22. The van der Waals surface area contributed by atoms with Crippen LogP contribution >= 0.6 is 31.9 Å². The Balaban J connectivity index is 3.32. The van der Waals surface area contributed by atoms with Crippen molar-refractivity contribution in [2.75, 3.05) is 0 Å². The molecule has 2 nitrogen and oxygen atoms in total. The minimum absolute atomic E-state index is 0.257. The van der Waals surface area contributed by atoms with Gasteiger partial charge in [-0.25, -0.2) is 4.98 Å². The lowest BCUT2D eigenvalue weighted by atomic mass is 10.9. The van der Waals surface area contributed by atoms with E-state index in [0.29, 0.717) is 4.60 Å². The quantitative estimate of drug-likeness (QED) is 0.681. The zero-order valence-corrected chi connectivity index (χ0v) is 6.82. The molecule has 0 atom stereocenters. The van der Waals surface area contributed by atoms with E-state index in [1.807, 2.05) is 0 Å². The summed E-state index contributed by atoms with van der Waals surface area (Å²) in [5.74, 6) is 0. The summed E-state index contributed by atoms with van der Waals surface area (Å²) >= 11 is 6.02. The first kappa shape index (κ1) is 2.84. The van der Waals surface area contributed by atoms with Crippen molar-refractivity contribution >= 4 is 31.9 Å². The van der Waals surface area contributed by atoms with Crippen molar-refractivity contribution in [2.45, 2.75) is 0 Å². The molecule has 1 aromatic heterocycles. The highest BCUT2D eigenvalue weighted by atomic mass is 79.9. The van der Waals surface area contributed by atoms with E-state index in [1.165, 1.54) is 0 Å². The van der Waals surface area contributed by atoms with E-state index in [9.17, 15) is 0 Å². The number of hydrogen-bond acceptors (Lipinski definition) is 1. The van der Waals surface area contributed by atoms with Gasteiger partial charge in [-0.05, 0) is 31.9 Å². The summed E-state index contributed by atoms with van der Waals surface area (Å²) in [6.07, 6.45) is -0.297. The van der Waals surface area contributed by atoms with Crippen molar-refractivity contribution in [1.29, 1.82) is 0 Å². The molecule has 0 aliphatic heterocycles. The summed E-state index contributed by atoms with van der Waals surface area (Å²) < 4.78 is 29.8. The SMILES string of the molecule is [2H]c1nc(Br)c(Br)n1C([2H])([2H])[2H]. The number of halogens is 2. The summed E-state index contributed by atoms with van der Waals surface area (Å²) in [4.78, 5) is 3.62. The van der Waals surface area contributed by atoms with Crippen molar-refractivity contribution in [1.82, 2.24) is 9.55 Å². The van der Waals surface area contributed by atoms with Gasteiger partial charge in [-0.3, -0.25) is 0 Å². The van der Waals surface area contributed by atoms with E-state index in [4.69, 9.17) is 5.48 Å². The molecule has 0 bridgehead atoms. The summed E-state index contributed by atoms with van der Waals surface area (Å²) in [7, 11) is 0. The third kappa shape index (κ3) is 0.951. The summed E-state index contributed by atoms with van der Waals surface area (Å²) in [5, 5.41) is 0. The number of imidazole rings is 1. The lowest BCUT2D eigenvalue weighted by Gasteiger charge is -1.87. The molecule has 0 unspecified atom stereocenters. The Morgan fingerprint density at radius 2 is 2.75 bits per heavy atom. The standard InChI is InChI=1S/C4H4Br2N2/c1-8-2-7-3(5)4(8)6/h2H,1H3/i1D3,2D. The monoisotopic (exact) mass is 242 g/mol. The average molecular weight is 244 g/mol. The first-order valence-electron chi connectivity index (χ1n) is 3.75. The van der Waals surface area contributed by atoms with Crippen LogP contribution in [0.1, 0.15) is 5.48 Å². The van der Waals surface area contributed by atoms with Gasteiger partial charge < -0.3 is 4.57 Å². The normalized spacial score (nSPS) is 18.8. The fourth-order valence-electron chi connectivity index (χ4n) is 0.276. The zero-order chi connectivity index (χ0) is 9.52. The lowest BCUT2D eigenvalue weighted by Crippen LogP contribution is -1.81. The Morgan fingerprint density at radius 3 is 3.00 bits per heavy atom. The summed E-state index contributed by atoms with van der Waals surface area (Å²) in [5.41, 5.74) is 0. The van der Waals surface area contributed by atoms with Crippen molar-refractivity contribution in [3.05, 3.63) is 15.5 Å². The fraction of sp³-hybridized carbons (Fsp3) is 0.250. The molecule has 44 valence electrons. The highest BCUT2D eigenvalue weighted by Gasteiger charge is 1.98. The summed E-state index contributed by atoms with van der Waals surface area (Å²) in [6, 6.07) is 0. The second kappa shape index (κ2) is 2.19. The maximum Gasteiger partial charge on any atom is 0.138 e. The van der Waals surface area contributed by atoms with E-state index in [0.717, 1.165) is 4.57 Å². The minimum atomic E-state index is -2.37. The second-order valence-corrected chi connectivity index (χ2v) is 2.63. The molecule has 0 radical (unpaired) electrons. The van der Waals surface area contributed by atoms with Crippen LogP contribution in [0.3, 0.4) is 0 Å². The second-order valence-electron chi connectivity index (χ2n) is 1.13. The molecule has 0 aromatic carbocycles. The van der Waals surface area contributed by atoms with E-state index in [2.05, 4.69) is 36.8 Å². The van der Waals surface area contributed by atoms with E-state index in [1.54, 1.807) is 0 Å². The molecule has 0 spiro atoms. The van der Waals surface area contributed by atoms with Gasteiger partial charge in [0, 0.05) is 11.1 Å². The molecule has 0 saturated heterocycles. The molecular weight excluding hydrogens is 236 g/mol. The third-order valence-electron chi connectivity index (χ3n) is 0.615. The van der Waals surface area contributed by atoms with Gasteiger partial charge >= 0.3 is 0 Å². The van der Waals surface area contributed by atoms with Crippen molar-refractivity contribution in [2.24, 2.45) is 6.98 Å². The van der Waals surface area contributed by atoms with Gasteiger partial charge in [0.2, 0.25) is 0 Å². The first-order valence-corrected chi connectivity index (χ1v) is 3.33. The van der Waals surface area contributed by atoms with Crippen LogP contribution < -0.4 is 0 Å². The molecule has 0 fully saturated rings. The van der Waals surface area contributed by atoms with Crippen LogP contribution in [0.25, 0.3) is 0 Å². The highest BCUT2D eigenvalue weighted by molar-refractivity contribution is 9.13. The zero-order valence-electron chi connectivity index (χ0n) is 7.65. The van der Waals surface area contributed by atoms with Crippen LogP contribution in [0.4, 0.5) is 0 Å². The van der Waals surface area contributed by atoms with Crippen LogP contribution in [0, 0.1) is 0 Å². The van der Waals surface area contributed by atoms with Gasteiger partial charge in [0.1, 0.15) is 10.6 Å². The lowest BCUT2D eigenvalue weighted by molar-refractivity contribution is 0.890. The van der Waals surface area contributed by atoms with Gasteiger partial charge in [0.05, 0.1) is 6.30 Å². The molecule has 4 heteroatoms. The largest absolute Gasteiger partial charge is 0.328 e. The Bertz CT molecular complexity index is 305. The Kier molecular flexibility index (Phi) is 0.775. The minimum Gasteiger partial charge on any atom is -0.328 e. The van der Waals surface area contributed by atoms with E-state index in [-0.39, 0.29) is 10.9 Å². The highest BCUT2D eigenvalue weighted by Crippen LogP contribution is 2.18. The van der Waals surface area contributed by atoms with Crippen LogP contribution in [-0.4, -0.2) is 9.55 Å². The molecular formula is C4H4Br2N2. The average Bonchev–Trinajstić information content (AvgIpc) is 2.05. The van der Waals surface area contributed by atoms with E-state index < -0.39 is 6.98 Å². The van der Waals surface area contributed by atoms with Crippen molar-refractivity contribution < 1.29 is 5.48 Å². The Morgan fingerprint density at radius 1 is 2.00 bits per heavy atom. The van der Waals surface area contributed by atoms with Crippen LogP contribution in [0.2, 0.25) is 0 Å². The van der Waals surface area contributed by atoms with Gasteiger partial charge in [0.15, 0.2) is 0 Å². The van der Waals surface area contributed by atoms with Gasteiger partial charge in [-0.2, -0.15) is 0 Å². The predicted octanol–water partition coefficient (Wildman–Crippen LogP) is 1.95. The molecule has 0 N–H and O–H groups in total. The Hall–Kier alpha value is 0.170. The third-order valence-corrected chi connectivity index (χ3v) is 2.43. The maximum atomic E-state index is 7.22. The number of aromatic nitrogens is 2. The topological polar surface area (TPSA) is 17.8 Å². The fourth-order valence-corrected chi connectivity index (χ4v) is 0.701. The summed E-state index contributed by atoms with van der Waals surface area (Å²) in [6.45, 7) is -2.37. The van der Waals surface area contributed by atoms with Crippen LogP contribution in [0.5, 0.6) is 0 Å². The molecule has 8 heavy (non-hydrogen) atoms. The van der Waals surface area contributed by atoms with Crippen molar-refractivity contribution in [3.8, 4) is 0 Å². The molecule has 0 amide bonds. The van der Waals surface area contributed by atoms with Crippen LogP contribution in [0.15, 0.2) is 15.5 Å². The molecule has 0 aliphatic rings. The van der Waals surface area contributed by atoms with E-state index >= 15 is 0 Å². The molecule has 1 aromatic rings.